The molecule has 0 radical (unpaired) electrons. The first-order chi connectivity index (χ1) is 12.4. The summed E-state index contributed by atoms with van der Waals surface area (Å²) in [6, 6.07) is 16.4. The van der Waals surface area contributed by atoms with E-state index >= 15 is 0 Å². The second-order valence-electron chi connectivity index (χ2n) is 5.55. The molecule has 0 unspecified atom stereocenters. The lowest BCUT2D eigenvalue weighted by Gasteiger charge is -2.11. The topological polar surface area (TPSA) is 65.5 Å². The highest BCUT2D eigenvalue weighted by atomic mass is 35.5. The van der Waals surface area contributed by atoms with Gasteiger partial charge in [0.15, 0.2) is 0 Å². The summed E-state index contributed by atoms with van der Waals surface area (Å²) in [7, 11) is -3.92. The minimum Gasteiger partial charge on any atom is -0.486 e. The smallest absolute Gasteiger partial charge is 0.339 e. The van der Waals surface area contributed by atoms with Gasteiger partial charge in [0.05, 0.1) is 10.7 Å². The first-order valence-corrected chi connectivity index (χ1v) is 9.56. The average molecular weight is 390 g/mol. The number of rotatable bonds is 6. The number of nitrogens with zero attached hydrogens (tertiary/aromatic N) is 1. The largest absolute Gasteiger partial charge is 0.486 e. The standard InChI is InChI=1S/C19H16ClNO4S/c1-14-5-8-17(9-6-14)26(22,23)25-16-7-10-19(18(20)12-16)24-13-15-4-2-3-11-21-15/h2-12H,13H2,1H3. The first-order valence-electron chi connectivity index (χ1n) is 7.77. The maximum atomic E-state index is 12.3. The molecular weight excluding hydrogens is 374 g/mol. The van der Waals surface area contributed by atoms with Gasteiger partial charge < -0.3 is 8.92 Å². The lowest BCUT2D eigenvalue weighted by Crippen LogP contribution is -2.09. The van der Waals surface area contributed by atoms with Gasteiger partial charge in [0.25, 0.3) is 0 Å². The van der Waals surface area contributed by atoms with Crippen LogP contribution in [-0.2, 0) is 16.7 Å². The predicted octanol–water partition coefficient (Wildman–Crippen LogP) is 4.39. The third-order valence-electron chi connectivity index (χ3n) is 3.52. The molecule has 1 heterocycles. The van der Waals surface area contributed by atoms with Crippen LogP contribution in [0.4, 0.5) is 0 Å². The number of hydrogen-bond acceptors (Lipinski definition) is 5. The van der Waals surface area contributed by atoms with Crippen LogP contribution in [-0.4, -0.2) is 13.4 Å². The Bertz CT molecular complexity index is 990. The average Bonchev–Trinajstić information content (AvgIpc) is 2.62. The van der Waals surface area contributed by atoms with E-state index in [1.54, 1.807) is 24.4 Å². The van der Waals surface area contributed by atoms with Crippen molar-refractivity contribution >= 4 is 21.7 Å². The molecule has 0 aliphatic carbocycles. The van der Waals surface area contributed by atoms with E-state index < -0.39 is 10.1 Å². The molecule has 0 spiro atoms. The van der Waals surface area contributed by atoms with Crippen LogP contribution in [0.15, 0.2) is 71.8 Å². The maximum absolute atomic E-state index is 12.3. The molecule has 0 aliphatic heterocycles. The Labute approximate surface area is 157 Å². The minimum atomic E-state index is -3.92. The summed E-state index contributed by atoms with van der Waals surface area (Å²) in [5.74, 6) is 0.526. The van der Waals surface area contributed by atoms with Gasteiger partial charge in [0.2, 0.25) is 0 Å². The number of aryl methyl sites for hydroxylation is 1. The van der Waals surface area contributed by atoms with Crippen LogP contribution < -0.4 is 8.92 Å². The summed E-state index contributed by atoms with van der Waals surface area (Å²) in [5, 5.41) is 0.248. The fraction of sp³-hybridized carbons (Fsp3) is 0.105. The Hall–Kier alpha value is -2.57. The third-order valence-corrected chi connectivity index (χ3v) is 5.08. The van der Waals surface area contributed by atoms with Crippen LogP contribution in [0.25, 0.3) is 0 Å². The molecule has 0 saturated carbocycles. The quantitative estimate of drug-likeness (QED) is 0.585. The highest BCUT2D eigenvalue weighted by Gasteiger charge is 2.17. The van der Waals surface area contributed by atoms with Crippen LogP contribution >= 0.6 is 11.6 Å². The summed E-state index contributed by atoms with van der Waals surface area (Å²) in [5.41, 5.74) is 1.72. The van der Waals surface area contributed by atoms with Crippen LogP contribution in [0.1, 0.15) is 11.3 Å². The van der Waals surface area contributed by atoms with Crippen molar-refractivity contribution in [1.82, 2.24) is 4.98 Å². The number of ether oxygens (including phenoxy) is 1. The number of benzene rings is 2. The van der Waals surface area contributed by atoms with Crippen molar-refractivity contribution in [2.45, 2.75) is 18.4 Å². The van der Waals surface area contributed by atoms with Crippen molar-refractivity contribution in [3.8, 4) is 11.5 Å². The van der Waals surface area contributed by atoms with Gasteiger partial charge in [-0.1, -0.05) is 35.4 Å². The SMILES string of the molecule is Cc1ccc(S(=O)(=O)Oc2ccc(OCc3ccccn3)c(Cl)c2)cc1. The van der Waals surface area contributed by atoms with E-state index in [1.165, 1.54) is 24.3 Å². The van der Waals surface area contributed by atoms with Crippen molar-refractivity contribution in [2.24, 2.45) is 0 Å². The van der Waals surface area contributed by atoms with Crippen molar-refractivity contribution in [3.05, 3.63) is 83.1 Å². The van der Waals surface area contributed by atoms with Crippen molar-refractivity contribution < 1.29 is 17.3 Å². The van der Waals surface area contributed by atoms with Gasteiger partial charge in [-0.25, -0.2) is 0 Å². The summed E-state index contributed by atoms with van der Waals surface area (Å²) < 4.78 is 35.4. The van der Waals surface area contributed by atoms with Gasteiger partial charge in [0.1, 0.15) is 23.0 Å². The third kappa shape index (κ3) is 4.53. The van der Waals surface area contributed by atoms with Crippen molar-refractivity contribution in [3.63, 3.8) is 0 Å². The second-order valence-corrected chi connectivity index (χ2v) is 7.51. The summed E-state index contributed by atoms with van der Waals surface area (Å²) in [6.45, 7) is 2.13. The van der Waals surface area contributed by atoms with E-state index in [0.717, 1.165) is 11.3 Å². The molecule has 0 fully saturated rings. The molecule has 1 aromatic heterocycles. The molecule has 2 aromatic carbocycles. The van der Waals surface area contributed by atoms with Crippen LogP contribution in [0, 0.1) is 6.92 Å². The van der Waals surface area contributed by atoms with Crippen LogP contribution in [0.2, 0.25) is 5.02 Å². The molecule has 7 heteroatoms. The molecule has 0 bridgehead atoms. The highest BCUT2D eigenvalue weighted by Crippen LogP contribution is 2.30. The van der Waals surface area contributed by atoms with Crippen LogP contribution in [0.3, 0.4) is 0 Å². The number of hydrogen-bond donors (Lipinski definition) is 0. The maximum Gasteiger partial charge on any atom is 0.339 e. The summed E-state index contributed by atoms with van der Waals surface area (Å²) in [4.78, 5) is 4.24. The van der Waals surface area contributed by atoms with Crippen molar-refractivity contribution in [1.29, 1.82) is 0 Å². The zero-order chi connectivity index (χ0) is 18.6. The molecule has 0 saturated heterocycles. The molecule has 3 aromatic rings. The Morgan fingerprint density at radius 1 is 1.04 bits per heavy atom. The number of pyridine rings is 1. The molecule has 26 heavy (non-hydrogen) atoms. The van der Waals surface area contributed by atoms with E-state index in [9.17, 15) is 8.42 Å². The highest BCUT2D eigenvalue weighted by molar-refractivity contribution is 7.87. The Kier molecular flexibility index (Phi) is 5.44. The molecule has 0 aliphatic rings. The van der Waals surface area contributed by atoms with E-state index in [0.29, 0.717) is 5.75 Å². The zero-order valence-corrected chi connectivity index (χ0v) is 15.5. The molecule has 0 N–H and O–H groups in total. The summed E-state index contributed by atoms with van der Waals surface area (Å²) >= 11 is 6.17. The Balaban J connectivity index is 1.72. The second kappa shape index (κ2) is 7.76. The van der Waals surface area contributed by atoms with Gasteiger partial charge >= 0.3 is 10.1 Å². The molecular formula is C19H16ClNO4S. The van der Waals surface area contributed by atoms with E-state index in [4.69, 9.17) is 20.5 Å². The van der Waals surface area contributed by atoms with Gasteiger partial charge in [-0.2, -0.15) is 8.42 Å². The molecule has 3 rings (SSSR count). The van der Waals surface area contributed by atoms with E-state index in [-0.39, 0.29) is 22.3 Å². The lowest BCUT2D eigenvalue weighted by atomic mass is 10.2. The van der Waals surface area contributed by atoms with Crippen LogP contribution in [0.5, 0.6) is 11.5 Å². The zero-order valence-electron chi connectivity index (χ0n) is 13.9. The fourth-order valence-corrected chi connectivity index (χ4v) is 3.31. The monoisotopic (exact) mass is 389 g/mol. The molecule has 0 atom stereocenters. The summed E-state index contributed by atoms with van der Waals surface area (Å²) in [6.07, 6.45) is 1.67. The predicted molar refractivity (Wildman–Crippen MR) is 99.0 cm³/mol. The van der Waals surface area contributed by atoms with Gasteiger partial charge in [-0.3, -0.25) is 4.98 Å². The normalized spacial score (nSPS) is 11.2. The lowest BCUT2D eigenvalue weighted by molar-refractivity contribution is 0.301. The molecule has 0 amide bonds. The number of halogens is 1. The van der Waals surface area contributed by atoms with Gasteiger partial charge in [-0.05, 0) is 43.3 Å². The minimum absolute atomic E-state index is 0.0784. The first kappa shape index (κ1) is 18.2. The van der Waals surface area contributed by atoms with E-state index in [2.05, 4.69) is 4.98 Å². The van der Waals surface area contributed by atoms with Gasteiger partial charge in [0, 0.05) is 12.3 Å². The molecule has 5 nitrogen and oxygen atoms in total. The fourth-order valence-electron chi connectivity index (χ4n) is 2.17. The Morgan fingerprint density at radius 3 is 2.46 bits per heavy atom. The molecule has 134 valence electrons. The number of aromatic nitrogens is 1. The van der Waals surface area contributed by atoms with E-state index in [1.807, 2.05) is 25.1 Å². The van der Waals surface area contributed by atoms with Gasteiger partial charge in [-0.15, -0.1) is 0 Å². The van der Waals surface area contributed by atoms with Crippen molar-refractivity contribution in [2.75, 3.05) is 0 Å². The Morgan fingerprint density at radius 2 is 1.81 bits per heavy atom.